The molecule has 4 heteroatoms. The maximum Gasteiger partial charge on any atom is 0.123 e. The van der Waals surface area contributed by atoms with Gasteiger partial charge in [0.15, 0.2) is 0 Å². The molecule has 0 fully saturated rings. The SMILES string of the molecule is Fc1ccc(CNCc2ccc(Cl)cc2Br)cc1. The maximum absolute atomic E-state index is 12.7. The molecule has 0 saturated heterocycles. The highest BCUT2D eigenvalue weighted by molar-refractivity contribution is 9.10. The van der Waals surface area contributed by atoms with Crippen molar-refractivity contribution in [2.45, 2.75) is 13.1 Å². The minimum Gasteiger partial charge on any atom is -0.309 e. The Bertz CT molecular complexity index is 528. The second-order valence-corrected chi connectivity index (χ2v) is 5.26. The minimum atomic E-state index is -0.209. The molecule has 0 saturated carbocycles. The van der Waals surface area contributed by atoms with E-state index in [0.717, 1.165) is 22.1 Å². The Labute approximate surface area is 119 Å². The van der Waals surface area contributed by atoms with Gasteiger partial charge in [0.2, 0.25) is 0 Å². The molecular weight excluding hydrogens is 317 g/mol. The van der Waals surface area contributed by atoms with Crippen molar-refractivity contribution in [2.24, 2.45) is 0 Å². The zero-order valence-electron chi connectivity index (χ0n) is 9.59. The molecule has 1 N–H and O–H groups in total. The normalized spacial score (nSPS) is 10.6. The summed E-state index contributed by atoms with van der Waals surface area (Å²) in [5.41, 5.74) is 2.20. The van der Waals surface area contributed by atoms with Crippen molar-refractivity contribution in [1.82, 2.24) is 5.32 Å². The molecule has 0 aromatic heterocycles. The van der Waals surface area contributed by atoms with Crippen molar-refractivity contribution in [1.29, 1.82) is 0 Å². The largest absolute Gasteiger partial charge is 0.309 e. The Morgan fingerprint density at radius 2 is 1.78 bits per heavy atom. The van der Waals surface area contributed by atoms with E-state index in [9.17, 15) is 4.39 Å². The van der Waals surface area contributed by atoms with Gasteiger partial charge in [-0.2, -0.15) is 0 Å². The van der Waals surface area contributed by atoms with Gasteiger partial charge >= 0.3 is 0 Å². The number of rotatable bonds is 4. The molecular formula is C14H12BrClFN. The highest BCUT2D eigenvalue weighted by Crippen LogP contribution is 2.21. The summed E-state index contributed by atoms with van der Waals surface area (Å²) in [4.78, 5) is 0. The van der Waals surface area contributed by atoms with Gasteiger partial charge in [-0.25, -0.2) is 4.39 Å². The molecule has 2 aromatic carbocycles. The van der Waals surface area contributed by atoms with Gasteiger partial charge in [0, 0.05) is 22.6 Å². The van der Waals surface area contributed by atoms with E-state index in [0.29, 0.717) is 11.6 Å². The summed E-state index contributed by atoms with van der Waals surface area (Å²) in [6, 6.07) is 12.2. The third-order valence-electron chi connectivity index (χ3n) is 2.57. The Balaban J connectivity index is 1.90. The molecule has 2 rings (SSSR count). The van der Waals surface area contributed by atoms with Gasteiger partial charge in [0.1, 0.15) is 5.82 Å². The molecule has 0 atom stereocenters. The fourth-order valence-corrected chi connectivity index (χ4v) is 2.43. The van der Waals surface area contributed by atoms with E-state index in [1.165, 1.54) is 12.1 Å². The predicted octanol–water partition coefficient (Wildman–Crippen LogP) is 4.53. The van der Waals surface area contributed by atoms with Gasteiger partial charge in [-0.3, -0.25) is 0 Å². The molecule has 94 valence electrons. The quantitative estimate of drug-likeness (QED) is 0.869. The monoisotopic (exact) mass is 327 g/mol. The van der Waals surface area contributed by atoms with Crippen LogP contribution in [-0.4, -0.2) is 0 Å². The third kappa shape index (κ3) is 3.80. The van der Waals surface area contributed by atoms with Crippen molar-refractivity contribution in [3.63, 3.8) is 0 Å². The summed E-state index contributed by atoms with van der Waals surface area (Å²) in [7, 11) is 0. The zero-order chi connectivity index (χ0) is 13.0. The zero-order valence-corrected chi connectivity index (χ0v) is 11.9. The fraction of sp³-hybridized carbons (Fsp3) is 0.143. The number of benzene rings is 2. The first kappa shape index (κ1) is 13.5. The Hall–Kier alpha value is -0.900. The molecule has 0 amide bonds. The molecule has 0 aliphatic carbocycles. The molecule has 0 radical (unpaired) electrons. The molecule has 0 aliphatic heterocycles. The molecule has 0 heterocycles. The topological polar surface area (TPSA) is 12.0 Å². The first-order valence-corrected chi connectivity index (χ1v) is 6.71. The number of hydrogen-bond donors (Lipinski definition) is 1. The van der Waals surface area contributed by atoms with Crippen molar-refractivity contribution in [2.75, 3.05) is 0 Å². The van der Waals surface area contributed by atoms with E-state index in [1.807, 2.05) is 18.2 Å². The van der Waals surface area contributed by atoms with E-state index >= 15 is 0 Å². The van der Waals surface area contributed by atoms with E-state index in [4.69, 9.17) is 11.6 Å². The van der Waals surface area contributed by atoms with E-state index < -0.39 is 0 Å². The van der Waals surface area contributed by atoms with Crippen LogP contribution < -0.4 is 5.32 Å². The standard InChI is InChI=1S/C14H12BrClFN/c15-14-7-12(16)4-3-11(14)9-18-8-10-1-5-13(17)6-2-10/h1-7,18H,8-9H2. The molecule has 18 heavy (non-hydrogen) atoms. The van der Waals surface area contributed by atoms with Gasteiger partial charge in [-0.15, -0.1) is 0 Å². The number of halogens is 3. The van der Waals surface area contributed by atoms with E-state index in [2.05, 4.69) is 21.2 Å². The maximum atomic E-state index is 12.7. The summed E-state index contributed by atoms with van der Waals surface area (Å²) in [6.07, 6.45) is 0. The molecule has 1 nitrogen and oxygen atoms in total. The minimum absolute atomic E-state index is 0.209. The highest BCUT2D eigenvalue weighted by atomic mass is 79.9. The van der Waals surface area contributed by atoms with Gasteiger partial charge in [0.25, 0.3) is 0 Å². The predicted molar refractivity (Wildman–Crippen MR) is 76.1 cm³/mol. The van der Waals surface area contributed by atoms with Crippen molar-refractivity contribution in [3.8, 4) is 0 Å². The van der Waals surface area contributed by atoms with Crippen molar-refractivity contribution in [3.05, 3.63) is 68.9 Å². The molecule has 2 aromatic rings. The Kier molecular flexibility index (Phi) is 4.75. The lowest BCUT2D eigenvalue weighted by atomic mass is 10.2. The second-order valence-electron chi connectivity index (χ2n) is 3.97. The van der Waals surface area contributed by atoms with E-state index in [1.54, 1.807) is 12.1 Å². The lowest BCUT2D eigenvalue weighted by Crippen LogP contribution is -2.12. The first-order valence-electron chi connectivity index (χ1n) is 5.54. The van der Waals surface area contributed by atoms with Crippen LogP contribution in [0, 0.1) is 5.82 Å². The van der Waals surface area contributed by atoms with Crippen molar-refractivity contribution >= 4 is 27.5 Å². The summed E-state index contributed by atoms with van der Waals surface area (Å²) in [6.45, 7) is 1.43. The number of hydrogen-bond acceptors (Lipinski definition) is 1. The van der Waals surface area contributed by atoms with Crippen LogP contribution in [0.4, 0.5) is 4.39 Å². The third-order valence-corrected chi connectivity index (χ3v) is 3.55. The smallest absolute Gasteiger partial charge is 0.123 e. The van der Waals surface area contributed by atoms with Gasteiger partial charge in [0.05, 0.1) is 0 Å². The van der Waals surface area contributed by atoms with Gasteiger partial charge in [-0.1, -0.05) is 45.7 Å². The van der Waals surface area contributed by atoms with Gasteiger partial charge in [-0.05, 0) is 35.4 Å². The van der Waals surface area contributed by atoms with Crippen LogP contribution in [0.25, 0.3) is 0 Å². The lowest BCUT2D eigenvalue weighted by Gasteiger charge is -2.07. The van der Waals surface area contributed by atoms with Crippen LogP contribution in [0.5, 0.6) is 0 Å². The van der Waals surface area contributed by atoms with Crippen molar-refractivity contribution < 1.29 is 4.39 Å². The van der Waals surface area contributed by atoms with Gasteiger partial charge < -0.3 is 5.32 Å². The average molecular weight is 329 g/mol. The first-order chi connectivity index (χ1) is 8.65. The summed E-state index contributed by atoms with van der Waals surface area (Å²) >= 11 is 9.34. The molecule has 0 aliphatic rings. The van der Waals surface area contributed by atoms with Crippen LogP contribution >= 0.6 is 27.5 Å². The summed E-state index contributed by atoms with van der Waals surface area (Å²) in [5, 5.41) is 4.01. The second kappa shape index (κ2) is 6.32. The Morgan fingerprint density at radius 3 is 2.44 bits per heavy atom. The Morgan fingerprint density at radius 1 is 1.06 bits per heavy atom. The fourth-order valence-electron chi connectivity index (χ4n) is 1.61. The van der Waals surface area contributed by atoms with Crippen LogP contribution in [0.1, 0.15) is 11.1 Å². The number of nitrogens with one attached hydrogen (secondary N) is 1. The van der Waals surface area contributed by atoms with Crippen LogP contribution in [0.15, 0.2) is 46.9 Å². The molecule has 0 spiro atoms. The van der Waals surface area contributed by atoms with Crippen LogP contribution in [-0.2, 0) is 13.1 Å². The van der Waals surface area contributed by atoms with Crippen LogP contribution in [0.2, 0.25) is 5.02 Å². The highest BCUT2D eigenvalue weighted by Gasteiger charge is 2.00. The molecule has 0 unspecified atom stereocenters. The van der Waals surface area contributed by atoms with E-state index in [-0.39, 0.29) is 5.82 Å². The lowest BCUT2D eigenvalue weighted by molar-refractivity contribution is 0.625. The summed E-state index contributed by atoms with van der Waals surface area (Å²) in [5.74, 6) is -0.209. The van der Waals surface area contributed by atoms with Crippen LogP contribution in [0.3, 0.4) is 0 Å². The summed E-state index contributed by atoms with van der Waals surface area (Å²) < 4.78 is 13.7. The molecule has 0 bridgehead atoms. The average Bonchev–Trinajstić information content (AvgIpc) is 2.34.